The summed E-state index contributed by atoms with van der Waals surface area (Å²) in [6.07, 6.45) is 2.26. The molecule has 124 valence electrons. The highest BCUT2D eigenvalue weighted by molar-refractivity contribution is 7.99. The molecule has 3 heterocycles. The molecule has 8 heteroatoms. The number of benzene rings is 1. The van der Waals surface area contributed by atoms with Gasteiger partial charge in [-0.15, -0.1) is 5.10 Å². The van der Waals surface area contributed by atoms with Crippen molar-refractivity contribution < 1.29 is 4.74 Å². The number of fused-ring (bicyclic) bond motifs is 1. The fourth-order valence-corrected chi connectivity index (χ4v) is 3.86. The zero-order chi connectivity index (χ0) is 16.5. The standard InChI is InChI=1S/C16H17N5O2S/c1-20-13-7-3-2-6-12(13)14(9-15(20)22)24-16-17-18-19-21(16)10-11-5-4-8-23-11/h2-3,6-7,9,11H,4-5,8,10H2,1H3. The van der Waals surface area contributed by atoms with Gasteiger partial charge in [0.15, 0.2) is 0 Å². The summed E-state index contributed by atoms with van der Waals surface area (Å²) >= 11 is 1.41. The van der Waals surface area contributed by atoms with Gasteiger partial charge in [-0.1, -0.05) is 18.2 Å². The van der Waals surface area contributed by atoms with Gasteiger partial charge >= 0.3 is 0 Å². The minimum Gasteiger partial charge on any atom is -0.376 e. The molecule has 0 saturated carbocycles. The Hall–Kier alpha value is -2.19. The molecule has 3 aromatic rings. The topological polar surface area (TPSA) is 74.8 Å². The lowest BCUT2D eigenvalue weighted by atomic mass is 10.2. The number of aryl methyl sites for hydroxylation is 1. The summed E-state index contributed by atoms with van der Waals surface area (Å²) in [6.45, 7) is 1.44. The van der Waals surface area contributed by atoms with Gasteiger partial charge in [0.1, 0.15) is 0 Å². The Bertz CT molecular complexity index is 930. The van der Waals surface area contributed by atoms with Crippen molar-refractivity contribution in [3.05, 3.63) is 40.7 Å². The second kappa shape index (κ2) is 6.37. The van der Waals surface area contributed by atoms with E-state index in [1.807, 2.05) is 24.3 Å². The molecule has 0 N–H and O–H groups in total. The summed E-state index contributed by atoms with van der Waals surface area (Å²) in [5, 5.41) is 13.6. The van der Waals surface area contributed by atoms with Crippen molar-refractivity contribution in [2.45, 2.75) is 35.5 Å². The fourth-order valence-electron chi connectivity index (χ4n) is 2.93. The first-order valence-electron chi connectivity index (χ1n) is 7.87. The van der Waals surface area contributed by atoms with Crippen LogP contribution < -0.4 is 5.56 Å². The maximum Gasteiger partial charge on any atom is 0.251 e. The average Bonchev–Trinajstić information content (AvgIpc) is 3.25. The molecule has 1 saturated heterocycles. The molecule has 24 heavy (non-hydrogen) atoms. The van der Waals surface area contributed by atoms with E-state index in [0.29, 0.717) is 11.7 Å². The zero-order valence-electron chi connectivity index (χ0n) is 13.3. The van der Waals surface area contributed by atoms with Crippen LogP contribution in [0, 0.1) is 0 Å². The number of aromatic nitrogens is 5. The van der Waals surface area contributed by atoms with Gasteiger partial charge in [-0.25, -0.2) is 4.68 Å². The van der Waals surface area contributed by atoms with Crippen molar-refractivity contribution in [3.8, 4) is 0 Å². The van der Waals surface area contributed by atoms with E-state index in [1.54, 1.807) is 22.4 Å². The molecule has 1 fully saturated rings. The largest absolute Gasteiger partial charge is 0.376 e. The lowest BCUT2D eigenvalue weighted by Crippen LogP contribution is -2.17. The number of nitrogens with zero attached hydrogens (tertiary/aromatic N) is 5. The van der Waals surface area contributed by atoms with E-state index in [2.05, 4.69) is 15.5 Å². The molecule has 1 unspecified atom stereocenters. The Labute approximate surface area is 142 Å². The van der Waals surface area contributed by atoms with Crippen LogP contribution in [0.2, 0.25) is 0 Å². The average molecular weight is 343 g/mol. The number of para-hydroxylation sites is 1. The van der Waals surface area contributed by atoms with E-state index < -0.39 is 0 Å². The normalized spacial score (nSPS) is 17.6. The molecule has 1 aliphatic rings. The zero-order valence-corrected chi connectivity index (χ0v) is 14.1. The van der Waals surface area contributed by atoms with Gasteiger partial charge in [0.05, 0.1) is 18.2 Å². The second-order valence-electron chi connectivity index (χ2n) is 5.80. The molecule has 0 radical (unpaired) electrons. The number of pyridine rings is 1. The van der Waals surface area contributed by atoms with Crippen LogP contribution in [-0.4, -0.2) is 37.5 Å². The second-order valence-corrected chi connectivity index (χ2v) is 6.81. The Kier molecular flexibility index (Phi) is 4.07. The van der Waals surface area contributed by atoms with Crippen molar-refractivity contribution in [1.29, 1.82) is 0 Å². The quantitative estimate of drug-likeness (QED) is 0.720. The highest BCUT2D eigenvalue weighted by Gasteiger charge is 2.20. The van der Waals surface area contributed by atoms with Gasteiger partial charge < -0.3 is 9.30 Å². The molecule has 1 aliphatic heterocycles. The monoisotopic (exact) mass is 343 g/mol. The van der Waals surface area contributed by atoms with Crippen LogP contribution in [0.3, 0.4) is 0 Å². The molecule has 2 aromatic heterocycles. The van der Waals surface area contributed by atoms with Crippen LogP contribution in [-0.2, 0) is 18.3 Å². The Morgan fingerprint density at radius 3 is 3.08 bits per heavy atom. The first-order chi connectivity index (χ1) is 11.7. The van der Waals surface area contributed by atoms with Crippen molar-refractivity contribution in [3.63, 3.8) is 0 Å². The van der Waals surface area contributed by atoms with Gasteiger partial charge in [-0.05, 0) is 41.1 Å². The first-order valence-corrected chi connectivity index (χ1v) is 8.68. The first kappa shape index (κ1) is 15.3. The number of hydrogen-bond donors (Lipinski definition) is 0. The highest BCUT2D eigenvalue weighted by atomic mass is 32.2. The molecule has 1 atom stereocenters. The van der Waals surface area contributed by atoms with E-state index in [4.69, 9.17) is 4.74 Å². The lowest BCUT2D eigenvalue weighted by Gasteiger charge is -2.11. The van der Waals surface area contributed by atoms with Crippen molar-refractivity contribution in [2.24, 2.45) is 7.05 Å². The minimum absolute atomic E-state index is 0.0469. The Morgan fingerprint density at radius 1 is 1.38 bits per heavy atom. The van der Waals surface area contributed by atoms with Crippen molar-refractivity contribution >= 4 is 22.7 Å². The van der Waals surface area contributed by atoms with E-state index in [9.17, 15) is 4.79 Å². The van der Waals surface area contributed by atoms with E-state index in [0.717, 1.165) is 35.2 Å². The molecule has 1 aromatic carbocycles. The molecule has 7 nitrogen and oxygen atoms in total. The highest BCUT2D eigenvalue weighted by Crippen LogP contribution is 2.31. The number of hydrogen-bond acceptors (Lipinski definition) is 6. The van der Waals surface area contributed by atoms with Crippen molar-refractivity contribution in [2.75, 3.05) is 6.61 Å². The van der Waals surface area contributed by atoms with Gasteiger partial charge in [0.2, 0.25) is 5.16 Å². The molecule has 0 aliphatic carbocycles. The van der Waals surface area contributed by atoms with Gasteiger partial charge in [0.25, 0.3) is 5.56 Å². The number of rotatable bonds is 4. The molecule has 4 rings (SSSR count). The summed E-state index contributed by atoms with van der Waals surface area (Å²) in [6, 6.07) is 9.48. The molecule has 0 amide bonds. The molecular formula is C16H17N5O2S. The van der Waals surface area contributed by atoms with Crippen molar-refractivity contribution in [1.82, 2.24) is 24.8 Å². The summed E-state index contributed by atoms with van der Waals surface area (Å²) in [5.74, 6) is 0. The third-order valence-corrected chi connectivity index (χ3v) is 5.25. The van der Waals surface area contributed by atoms with Crippen LogP contribution in [0.5, 0.6) is 0 Å². The SMILES string of the molecule is Cn1c(=O)cc(Sc2nnnn2CC2CCCO2)c2ccccc21. The van der Waals surface area contributed by atoms with Crippen LogP contribution in [0.25, 0.3) is 10.9 Å². The third-order valence-electron chi connectivity index (χ3n) is 4.22. The van der Waals surface area contributed by atoms with E-state index >= 15 is 0 Å². The molecular weight excluding hydrogens is 326 g/mol. The number of ether oxygens (including phenoxy) is 1. The summed E-state index contributed by atoms with van der Waals surface area (Å²) < 4.78 is 9.06. The maximum absolute atomic E-state index is 12.2. The van der Waals surface area contributed by atoms with Crippen LogP contribution in [0.15, 0.2) is 45.2 Å². The van der Waals surface area contributed by atoms with Crippen LogP contribution in [0.1, 0.15) is 12.8 Å². The van der Waals surface area contributed by atoms with Gasteiger partial charge in [-0.3, -0.25) is 4.79 Å². The third kappa shape index (κ3) is 2.83. The van der Waals surface area contributed by atoms with Crippen LogP contribution >= 0.6 is 11.8 Å². The van der Waals surface area contributed by atoms with Crippen LogP contribution in [0.4, 0.5) is 0 Å². The Morgan fingerprint density at radius 2 is 2.25 bits per heavy atom. The summed E-state index contributed by atoms with van der Waals surface area (Å²) in [5.41, 5.74) is 0.847. The maximum atomic E-state index is 12.2. The molecule has 0 spiro atoms. The summed E-state index contributed by atoms with van der Waals surface area (Å²) in [4.78, 5) is 13.1. The van der Waals surface area contributed by atoms with Gasteiger partial charge in [-0.2, -0.15) is 0 Å². The predicted molar refractivity (Wildman–Crippen MR) is 90.1 cm³/mol. The van der Waals surface area contributed by atoms with Gasteiger partial charge in [0, 0.05) is 30.0 Å². The summed E-state index contributed by atoms with van der Waals surface area (Å²) in [7, 11) is 1.78. The predicted octanol–water partition coefficient (Wildman–Crippen LogP) is 1.86. The lowest BCUT2D eigenvalue weighted by molar-refractivity contribution is 0.0912. The smallest absolute Gasteiger partial charge is 0.251 e. The van der Waals surface area contributed by atoms with E-state index in [1.165, 1.54) is 11.8 Å². The Balaban J connectivity index is 1.69. The molecule has 0 bridgehead atoms. The minimum atomic E-state index is -0.0469. The van der Waals surface area contributed by atoms with E-state index in [-0.39, 0.29) is 11.7 Å². The fraction of sp³-hybridized carbons (Fsp3) is 0.375. The number of tetrazole rings is 1.